The van der Waals surface area contributed by atoms with Crippen LogP contribution in [0, 0.1) is 6.92 Å². The van der Waals surface area contributed by atoms with Crippen LogP contribution in [0.3, 0.4) is 0 Å². The number of hydrogen-bond donors (Lipinski definition) is 1. The summed E-state index contributed by atoms with van der Waals surface area (Å²) in [6.45, 7) is 1.81. The lowest BCUT2D eigenvalue weighted by molar-refractivity contribution is -0.136. The average molecular weight is 395 g/mol. The molecular formula is C21H17BF3N3O. The molecule has 0 bridgehead atoms. The van der Waals surface area contributed by atoms with Crippen molar-refractivity contribution >= 4 is 30.1 Å². The molecule has 1 fully saturated rings. The van der Waals surface area contributed by atoms with Crippen molar-refractivity contribution in [2.75, 3.05) is 0 Å². The van der Waals surface area contributed by atoms with Gasteiger partial charge in [0.1, 0.15) is 13.5 Å². The van der Waals surface area contributed by atoms with E-state index >= 15 is 0 Å². The number of hydrogen-bond acceptors (Lipinski definition) is 3. The normalized spacial score (nSPS) is 14.2. The van der Waals surface area contributed by atoms with E-state index in [0.717, 1.165) is 12.8 Å². The molecule has 1 aliphatic carbocycles. The van der Waals surface area contributed by atoms with Gasteiger partial charge in [-0.15, -0.1) is 0 Å². The lowest BCUT2D eigenvalue weighted by Crippen LogP contribution is -2.25. The van der Waals surface area contributed by atoms with Crippen molar-refractivity contribution in [3.63, 3.8) is 0 Å². The van der Waals surface area contributed by atoms with Crippen LogP contribution in [-0.2, 0) is 12.7 Å². The summed E-state index contributed by atoms with van der Waals surface area (Å²) in [6.07, 6.45) is -1.29. The molecule has 8 heteroatoms. The van der Waals surface area contributed by atoms with E-state index in [1.807, 2.05) is 0 Å². The number of rotatable bonds is 4. The molecule has 4 nitrogen and oxygen atoms in total. The third-order valence-corrected chi connectivity index (χ3v) is 5.01. The first-order chi connectivity index (χ1) is 13.7. The Kier molecular flexibility index (Phi) is 4.80. The molecular weight excluding hydrogens is 378 g/mol. The fraction of sp³-hybridized carbons (Fsp3) is 0.286. The van der Waals surface area contributed by atoms with Crippen LogP contribution in [0.25, 0.3) is 10.9 Å². The molecule has 2 aromatic heterocycles. The van der Waals surface area contributed by atoms with Crippen LogP contribution in [0.4, 0.5) is 13.2 Å². The number of alkyl halides is 3. The second kappa shape index (κ2) is 7.17. The number of aromatic nitrogens is 2. The molecule has 1 amide bonds. The second-order valence-electron chi connectivity index (χ2n) is 7.33. The van der Waals surface area contributed by atoms with Gasteiger partial charge in [-0.05, 0) is 61.1 Å². The van der Waals surface area contributed by atoms with Crippen LogP contribution in [0.1, 0.15) is 51.6 Å². The molecule has 0 aliphatic heterocycles. The molecule has 1 aliphatic rings. The van der Waals surface area contributed by atoms with Crippen molar-refractivity contribution in [2.24, 2.45) is 0 Å². The Labute approximate surface area is 167 Å². The SMILES string of the molecule is [B]c1ccc(CNC(=O)c2cc(C)c3cc(C4CC4)cc(C(F)(F)F)c3n2)nc1. The summed E-state index contributed by atoms with van der Waals surface area (Å²) in [5, 5.41) is 3.07. The number of carbonyl (C=O) groups is 1. The van der Waals surface area contributed by atoms with Gasteiger partial charge in [0.05, 0.1) is 23.3 Å². The Hall–Kier alpha value is -2.90. The highest BCUT2D eigenvalue weighted by molar-refractivity contribution is 6.32. The van der Waals surface area contributed by atoms with Crippen LogP contribution in [0.2, 0.25) is 0 Å². The van der Waals surface area contributed by atoms with Crippen LogP contribution < -0.4 is 10.8 Å². The number of pyridine rings is 2. The predicted molar refractivity (Wildman–Crippen MR) is 104 cm³/mol. The summed E-state index contributed by atoms with van der Waals surface area (Å²) >= 11 is 0. The van der Waals surface area contributed by atoms with Gasteiger partial charge in [0, 0.05) is 11.6 Å². The lowest BCUT2D eigenvalue weighted by Gasteiger charge is -2.15. The molecule has 0 unspecified atom stereocenters. The van der Waals surface area contributed by atoms with E-state index in [0.29, 0.717) is 27.7 Å². The van der Waals surface area contributed by atoms with Gasteiger partial charge in [-0.25, -0.2) is 4.98 Å². The summed E-state index contributed by atoms with van der Waals surface area (Å²) in [7, 11) is 5.57. The summed E-state index contributed by atoms with van der Waals surface area (Å²) in [4.78, 5) is 20.7. The molecule has 1 saturated carbocycles. The van der Waals surface area contributed by atoms with Gasteiger partial charge < -0.3 is 5.32 Å². The van der Waals surface area contributed by atoms with E-state index in [1.54, 1.807) is 25.1 Å². The van der Waals surface area contributed by atoms with Crippen LogP contribution in [-0.4, -0.2) is 23.7 Å². The van der Waals surface area contributed by atoms with E-state index in [2.05, 4.69) is 15.3 Å². The van der Waals surface area contributed by atoms with E-state index in [-0.39, 0.29) is 23.7 Å². The van der Waals surface area contributed by atoms with E-state index < -0.39 is 17.6 Å². The average Bonchev–Trinajstić information content (AvgIpc) is 3.51. The molecule has 1 N–H and O–H groups in total. The third kappa shape index (κ3) is 4.11. The van der Waals surface area contributed by atoms with Gasteiger partial charge in [-0.2, -0.15) is 13.2 Å². The topological polar surface area (TPSA) is 54.9 Å². The highest BCUT2D eigenvalue weighted by Crippen LogP contribution is 2.44. The Bertz CT molecular complexity index is 1090. The zero-order valence-electron chi connectivity index (χ0n) is 15.7. The van der Waals surface area contributed by atoms with Gasteiger partial charge >= 0.3 is 6.18 Å². The predicted octanol–water partition coefficient (Wildman–Crippen LogP) is 3.56. The summed E-state index contributed by atoms with van der Waals surface area (Å²) < 4.78 is 41.1. The van der Waals surface area contributed by atoms with Crippen molar-refractivity contribution in [2.45, 2.75) is 38.4 Å². The van der Waals surface area contributed by atoms with Crippen molar-refractivity contribution in [3.05, 3.63) is 64.6 Å². The molecule has 3 aromatic rings. The Balaban J connectivity index is 1.69. The largest absolute Gasteiger partial charge is 0.418 e. The monoisotopic (exact) mass is 395 g/mol. The fourth-order valence-electron chi connectivity index (χ4n) is 3.30. The van der Waals surface area contributed by atoms with Gasteiger partial charge in [0.25, 0.3) is 5.91 Å². The molecule has 2 radical (unpaired) electrons. The van der Waals surface area contributed by atoms with Crippen molar-refractivity contribution < 1.29 is 18.0 Å². The number of aryl methyl sites for hydroxylation is 1. The molecule has 146 valence electrons. The molecule has 29 heavy (non-hydrogen) atoms. The zero-order valence-corrected chi connectivity index (χ0v) is 15.7. The molecule has 1 aromatic carbocycles. The molecule has 2 heterocycles. The zero-order chi connectivity index (χ0) is 20.8. The first-order valence-corrected chi connectivity index (χ1v) is 9.23. The summed E-state index contributed by atoms with van der Waals surface area (Å²) in [5.41, 5.74) is 1.29. The second-order valence-corrected chi connectivity index (χ2v) is 7.33. The summed E-state index contributed by atoms with van der Waals surface area (Å²) in [5.74, 6) is -0.386. The van der Waals surface area contributed by atoms with E-state index in [1.165, 1.54) is 18.3 Å². The first-order valence-electron chi connectivity index (χ1n) is 9.23. The highest BCUT2D eigenvalue weighted by atomic mass is 19.4. The Morgan fingerprint density at radius 3 is 2.62 bits per heavy atom. The highest BCUT2D eigenvalue weighted by Gasteiger charge is 2.36. The first kappa shape index (κ1) is 19.4. The maximum atomic E-state index is 13.7. The Morgan fingerprint density at radius 1 is 1.24 bits per heavy atom. The number of benzene rings is 1. The number of amides is 1. The van der Waals surface area contributed by atoms with Crippen LogP contribution >= 0.6 is 0 Å². The van der Waals surface area contributed by atoms with Gasteiger partial charge in [-0.3, -0.25) is 9.78 Å². The number of nitrogens with one attached hydrogen (secondary N) is 1. The van der Waals surface area contributed by atoms with Gasteiger partial charge in [0.15, 0.2) is 0 Å². The van der Waals surface area contributed by atoms with Gasteiger partial charge in [-0.1, -0.05) is 11.5 Å². The number of fused-ring (bicyclic) bond motifs is 1. The van der Waals surface area contributed by atoms with Gasteiger partial charge in [0.2, 0.25) is 0 Å². The van der Waals surface area contributed by atoms with E-state index in [4.69, 9.17) is 7.85 Å². The quantitative estimate of drug-likeness (QED) is 0.688. The maximum absolute atomic E-state index is 13.7. The molecule has 0 spiro atoms. The maximum Gasteiger partial charge on any atom is 0.418 e. The standard InChI is InChI=1S/C21H17BF3N3O/c1-11-6-18(20(29)27-10-15-5-4-14(22)9-26-15)28-19-16(11)7-13(12-2-3-12)8-17(19)21(23,24)25/h4-9,12H,2-3,10H2,1H3,(H,27,29). The smallest absolute Gasteiger partial charge is 0.345 e. The van der Waals surface area contributed by atoms with Crippen LogP contribution in [0.15, 0.2) is 36.5 Å². The summed E-state index contributed by atoms with van der Waals surface area (Å²) in [6, 6.07) is 7.78. The Morgan fingerprint density at radius 2 is 2.00 bits per heavy atom. The van der Waals surface area contributed by atoms with Crippen molar-refractivity contribution in [1.29, 1.82) is 0 Å². The molecule has 4 rings (SSSR count). The van der Waals surface area contributed by atoms with Crippen molar-refractivity contribution in [3.8, 4) is 0 Å². The lowest BCUT2D eigenvalue weighted by atomic mass is 9.98. The molecule has 0 atom stereocenters. The van der Waals surface area contributed by atoms with Crippen LogP contribution in [0.5, 0.6) is 0 Å². The fourth-order valence-corrected chi connectivity index (χ4v) is 3.30. The molecule has 0 saturated heterocycles. The minimum Gasteiger partial charge on any atom is -0.345 e. The number of nitrogens with zero attached hydrogens (tertiary/aromatic N) is 2. The van der Waals surface area contributed by atoms with Crippen molar-refractivity contribution in [1.82, 2.24) is 15.3 Å². The van der Waals surface area contributed by atoms with E-state index in [9.17, 15) is 18.0 Å². The number of carbonyl (C=O) groups excluding carboxylic acids is 1. The number of halogens is 3. The minimum atomic E-state index is -4.55. The third-order valence-electron chi connectivity index (χ3n) is 5.01. The minimum absolute atomic E-state index is 0.0601.